The van der Waals surface area contributed by atoms with Crippen LogP contribution in [0.5, 0.6) is 0 Å². The molecule has 2 N–H and O–H groups in total. The summed E-state index contributed by atoms with van der Waals surface area (Å²) in [5.41, 5.74) is 2.30. The van der Waals surface area contributed by atoms with Gasteiger partial charge in [-0.05, 0) is 25.8 Å². The van der Waals surface area contributed by atoms with Gasteiger partial charge in [-0.2, -0.15) is 0 Å². The van der Waals surface area contributed by atoms with E-state index in [-0.39, 0.29) is 23.8 Å². The molecule has 2 amide bonds. The molecule has 0 bridgehead atoms. The Morgan fingerprint density at radius 3 is 2.63 bits per heavy atom. The SMILES string of the molecule is Cc1ccc(C(C)NC(=O)C2CCC(=O)NC2)cc1. The smallest absolute Gasteiger partial charge is 0.225 e. The monoisotopic (exact) mass is 260 g/mol. The van der Waals surface area contributed by atoms with Crippen molar-refractivity contribution >= 4 is 11.8 Å². The first-order valence-electron chi connectivity index (χ1n) is 6.70. The molecule has 19 heavy (non-hydrogen) atoms. The van der Waals surface area contributed by atoms with Gasteiger partial charge in [-0.15, -0.1) is 0 Å². The van der Waals surface area contributed by atoms with Gasteiger partial charge < -0.3 is 10.6 Å². The predicted octanol–water partition coefficient (Wildman–Crippen LogP) is 1.70. The third-order valence-corrected chi connectivity index (χ3v) is 3.57. The molecule has 2 unspecified atom stereocenters. The lowest BCUT2D eigenvalue weighted by Crippen LogP contribution is -2.43. The first kappa shape index (κ1) is 13.6. The Bertz CT molecular complexity index is 458. The summed E-state index contributed by atoms with van der Waals surface area (Å²) in [6.07, 6.45) is 1.08. The zero-order valence-electron chi connectivity index (χ0n) is 11.4. The Morgan fingerprint density at radius 2 is 2.05 bits per heavy atom. The maximum Gasteiger partial charge on any atom is 0.225 e. The molecule has 1 heterocycles. The van der Waals surface area contributed by atoms with Gasteiger partial charge in [0, 0.05) is 13.0 Å². The molecule has 4 heteroatoms. The fourth-order valence-electron chi connectivity index (χ4n) is 2.23. The molecule has 0 aliphatic carbocycles. The van der Waals surface area contributed by atoms with E-state index < -0.39 is 0 Å². The minimum Gasteiger partial charge on any atom is -0.355 e. The number of nitrogens with one attached hydrogen (secondary N) is 2. The number of hydrogen-bond acceptors (Lipinski definition) is 2. The summed E-state index contributed by atoms with van der Waals surface area (Å²) < 4.78 is 0. The van der Waals surface area contributed by atoms with Crippen molar-refractivity contribution in [3.05, 3.63) is 35.4 Å². The van der Waals surface area contributed by atoms with Crippen molar-refractivity contribution in [2.75, 3.05) is 6.54 Å². The number of aryl methyl sites for hydroxylation is 1. The van der Waals surface area contributed by atoms with Crippen molar-refractivity contribution in [2.24, 2.45) is 5.92 Å². The summed E-state index contributed by atoms with van der Waals surface area (Å²) in [6, 6.07) is 8.13. The molecule has 1 aliphatic heterocycles. The minimum absolute atomic E-state index is 0.00859. The average Bonchev–Trinajstić information content (AvgIpc) is 2.40. The van der Waals surface area contributed by atoms with Crippen molar-refractivity contribution in [3.8, 4) is 0 Å². The predicted molar refractivity (Wildman–Crippen MR) is 73.5 cm³/mol. The lowest BCUT2D eigenvalue weighted by Gasteiger charge is -2.24. The molecule has 2 rings (SSSR count). The summed E-state index contributed by atoms with van der Waals surface area (Å²) in [5.74, 6) is -0.0469. The third kappa shape index (κ3) is 3.56. The van der Waals surface area contributed by atoms with E-state index in [2.05, 4.69) is 10.6 Å². The van der Waals surface area contributed by atoms with Gasteiger partial charge in [0.25, 0.3) is 0 Å². The summed E-state index contributed by atoms with van der Waals surface area (Å²) in [4.78, 5) is 23.2. The van der Waals surface area contributed by atoms with Crippen molar-refractivity contribution in [3.63, 3.8) is 0 Å². The van der Waals surface area contributed by atoms with Crippen LogP contribution in [-0.2, 0) is 9.59 Å². The van der Waals surface area contributed by atoms with Crippen LogP contribution in [0.25, 0.3) is 0 Å². The van der Waals surface area contributed by atoms with Gasteiger partial charge in [0.2, 0.25) is 11.8 Å². The number of carbonyl (C=O) groups excluding carboxylic acids is 2. The van der Waals surface area contributed by atoms with Crippen molar-refractivity contribution in [2.45, 2.75) is 32.7 Å². The molecule has 1 fully saturated rings. The lowest BCUT2D eigenvalue weighted by atomic mass is 9.97. The number of piperidine rings is 1. The van der Waals surface area contributed by atoms with Crippen LogP contribution in [0.1, 0.15) is 36.9 Å². The van der Waals surface area contributed by atoms with Crippen LogP contribution >= 0.6 is 0 Å². The molecule has 2 atom stereocenters. The van der Waals surface area contributed by atoms with E-state index in [1.807, 2.05) is 38.1 Å². The van der Waals surface area contributed by atoms with Crippen molar-refractivity contribution < 1.29 is 9.59 Å². The maximum atomic E-state index is 12.1. The molecule has 0 spiro atoms. The second-order valence-electron chi connectivity index (χ2n) is 5.18. The normalized spacial score (nSPS) is 20.5. The Morgan fingerprint density at radius 1 is 1.37 bits per heavy atom. The summed E-state index contributed by atoms with van der Waals surface area (Å²) >= 11 is 0. The van der Waals surface area contributed by atoms with Crippen molar-refractivity contribution in [1.82, 2.24) is 10.6 Å². The zero-order valence-corrected chi connectivity index (χ0v) is 11.4. The van der Waals surface area contributed by atoms with Gasteiger partial charge in [-0.25, -0.2) is 0 Å². The first-order chi connectivity index (χ1) is 9.06. The molecule has 4 nitrogen and oxygen atoms in total. The lowest BCUT2D eigenvalue weighted by molar-refractivity contribution is -0.129. The molecule has 1 aromatic rings. The number of rotatable bonds is 3. The highest BCUT2D eigenvalue weighted by Gasteiger charge is 2.25. The number of amides is 2. The molecule has 102 valence electrons. The summed E-state index contributed by atoms with van der Waals surface area (Å²) in [6.45, 7) is 4.47. The number of hydrogen-bond donors (Lipinski definition) is 2. The molecule has 0 aromatic heterocycles. The van der Waals surface area contributed by atoms with Gasteiger partial charge in [0.05, 0.1) is 12.0 Å². The minimum atomic E-state index is -0.106. The van der Waals surface area contributed by atoms with E-state index in [1.54, 1.807) is 0 Å². The maximum absolute atomic E-state index is 12.1. The molecule has 0 radical (unpaired) electrons. The van der Waals surface area contributed by atoms with Gasteiger partial charge in [-0.1, -0.05) is 29.8 Å². The van der Waals surface area contributed by atoms with Crippen LogP contribution in [0.3, 0.4) is 0 Å². The van der Waals surface area contributed by atoms with E-state index in [4.69, 9.17) is 0 Å². The van der Waals surface area contributed by atoms with Gasteiger partial charge in [0.1, 0.15) is 0 Å². The van der Waals surface area contributed by atoms with Crippen LogP contribution in [0, 0.1) is 12.8 Å². The second kappa shape index (κ2) is 5.87. The highest BCUT2D eigenvalue weighted by atomic mass is 16.2. The van der Waals surface area contributed by atoms with E-state index in [1.165, 1.54) is 5.56 Å². The second-order valence-corrected chi connectivity index (χ2v) is 5.18. The fourth-order valence-corrected chi connectivity index (χ4v) is 2.23. The Hall–Kier alpha value is -1.84. The van der Waals surface area contributed by atoms with Crippen molar-refractivity contribution in [1.29, 1.82) is 0 Å². The number of carbonyl (C=O) groups is 2. The Labute approximate surface area is 113 Å². The van der Waals surface area contributed by atoms with E-state index >= 15 is 0 Å². The molecular weight excluding hydrogens is 240 g/mol. The first-order valence-corrected chi connectivity index (χ1v) is 6.70. The van der Waals surface area contributed by atoms with Crippen LogP contribution in [0.2, 0.25) is 0 Å². The highest BCUT2D eigenvalue weighted by molar-refractivity contribution is 5.83. The van der Waals surface area contributed by atoms with Crippen LogP contribution in [0.4, 0.5) is 0 Å². The standard InChI is InChI=1S/C15H20N2O2/c1-10-3-5-12(6-4-10)11(2)17-15(19)13-7-8-14(18)16-9-13/h3-6,11,13H,7-9H2,1-2H3,(H,16,18)(H,17,19). The Kier molecular flexibility index (Phi) is 4.20. The fraction of sp³-hybridized carbons (Fsp3) is 0.467. The van der Waals surface area contributed by atoms with E-state index in [0.29, 0.717) is 19.4 Å². The van der Waals surface area contributed by atoms with Crippen LogP contribution in [0.15, 0.2) is 24.3 Å². The highest BCUT2D eigenvalue weighted by Crippen LogP contribution is 2.16. The summed E-state index contributed by atoms with van der Waals surface area (Å²) in [5, 5.41) is 5.74. The molecule has 1 aliphatic rings. The molecule has 1 aromatic carbocycles. The van der Waals surface area contributed by atoms with Gasteiger partial charge >= 0.3 is 0 Å². The Balaban J connectivity index is 1.91. The molecule has 0 saturated carbocycles. The van der Waals surface area contributed by atoms with Gasteiger partial charge in [0.15, 0.2) is 0 Å². The third-order valence-electron chi connectivity index (χ3n) is 3.57. The zero-order chi connectivity index (χ0) is 13.8. The summed E-state index contributed by atoms with van der Waals surface area (Å²) in [7, 11) is 0. The van der Waals surface area contributed by atoms with E-state index in [0.717, 1.165) is 5.56 Å². The number of benzene rings is 1. The topological polar surface area (TPSA) is 58.2 Å². The van der Waals surface area contributed by atoms with E-state index in [9.17, 15) is 9.59 Å². The molecule has 1 saturated heterocycles. The largest absolute Gasteiger partial charge is 0.355 e. The quantitative estimate of drug-likeness (QED) is 0.869. The van der Waals surface area contributed by atoms with Crippen LogP contribution < -0.4 is 10.6 Å². The van der Waals surface area contributed by atoms with Gasteiger partial charge in [-0.3, -0.25) is 9.59 Å². The molecular formula is C15H20N2O2. The van der Waals surface area contributed by atoms with Crippen LogP contribution in [-0.4, -0.2) is 18.4 Å². The average molecular weight is 260 g/mol.